The number of pyridine rings is 2. The fraction of sp³-hybridized carbons (Fsp3) is 0.0500. The van der Waals surface area contributed by atoms with Gasteiger partial charge in [-0.05, 0) is 36.8 Å². The summed E-state index contributed by atoms with van der Waals surface area (Å²) in [6, 6.07) is 16.9. The minimum absolute atomic E-state index is 0.243. The predicted octanol–water partition coefficient (Wildman–Crippen LogP) is 3.96. The van der Waals surface area contributed by atoms with Crippen LogP contribution in [-0.4, -0.2) is 20.3 Å². The molecule has 3 heterocycles. The van der Waals surface area contributed by atoms with Crippen molar-refractivity contribution in [2.24, 2.45) is 0 Å². The normalized spacial score (nSPS) is 10.8. The number of nitrogens with one attached hydrogen (secondary N) is 1. The van der Waals surface area contributed by atoms with Crippen LogP contribution in [0.2, 0.25) is 0 Å². The van der Waals surface area contributed by atoms with Gasteiger partial charge in [0.15, 0.2) is 0 Å². The molecule has 0 saturated carbocycles. The quantitative estimate of drug-likeness (QED) is 0.619. The van der Waals surface area contributed by atoms with Gasteiger partial charge in [0.2, 0.25) is 0 Å². The molecule has 1 amide bonds. The molecule has 0 aliphatic heterocycles. The van der Waals surface area contributed by atoms with Crippen molar-refractivity contribution >= 4 is 17.2 Å². The molecule has 122 valence electrons. The number of hydrogen-bond acceptors (Lipinski definition) is 3. The summed E-state index contributed by atoms with van der Waals surface area (Å²) in [4.78, 5) is 21.2. The first-order valence-electron chi connectivity index (χ1n) is 7.98. The minimum Gasteiger partial charge on any atom is -0.320 e. The largest absolute Gasteiger partial charge is 0.320 e. The minimum atomic E-state index is -0.243. The molecular weight excluding hydrogens is 312 g/mol. The first kappa shape index (κ1) is 15.1. The first-order chi connectivity index (χ1) is 12.2. The van der Waals surface area contributed by atoms with E-state index in [0.29, 0.717) is 11.4 Å². The molecule has 0 aliphatic carbocycles. The number of aryl methyl sites for hydroxylation is 1. The van der Waals surface area contributed by atoms with Crippen LogP contribution in [0.15, 0.2) is 73.2 Å². The molecule has 0 radical (unpaired) electrons. The van der Waals surface area contributed by atoms with E-state index >= 15 is 0 Å². The van der Waals surface area contributed by atoms with Crippen LogP contribution in [0.3, 0.4) is 0 Å². The van der Waals surface area contributed by atoms with Crippen LogP contribution in [0.4, 0.5) is 5.69 Å². The van der Waals surface area contributed by atoms with Crippen LogP contribution in [-0.2, 0) is 0 Å². The maximum absolute atomic E-state index is 12.4. The monoisotopic (exact) mass is 328 g/mol. The Morgan fingerprint density at radius 3 is 2.68 bits per heavy atom. The van der Waals surface area contributed by atoms with Crippen molar-refractivity contribution in [3.05, 3.63) is 84.4 Å². The molecule has 0 saturated heterocycles. The van der Waals surface area contributed by atoms with E-state index < -0.39 is 0 Å². The molecule has 0 fully saturated rings. The number of carbonyl (C=O) groups is 1. The van der Waals surface area contributed by atoms with E-state index in [1.807, 2.05) is 60.1 Å². The van der Waals surface area contributed by atoms with Crippen molar-refractivity contribution in [1.29, 1.82) is 0 Å². The van der Waals surface area contributed by atoms with Crippen molar-refractivity contribution in [2.75, 3.05) is 5.32 Å². The second-order valence-corrected chi connectivity index (χ2v) is 5.76. The highest BCUT2D eigenvalue weighted by molar-refractivity contribution is 6.04. The molecule has 5 nitrogen and oxygen atoms in total. The Balaban J connectivity index is 1.73. The Morgan fingerprint density at radius 1 is 1.04 bits per heavy atom. The molecule has 25 heavy (non-hydrogen) atoms. The van der Waals surface area contributed by atoms with Gasteiger partial charge < -0.3 is 9.72 Å². The van der Waals surface area contributed by atoms with Gasteiger partial charge in [0.05, 0.1) is 11.4 Å². The second-order valence-electron chi connectivity index (χ2n) is 5.76. The number of imidazole rings is 1. The number of amides is 1. The lowest BCUT2D eigenvalue weighted by atomic mass is 10.1. The fourth-order valence-corrected chi connectivity index (χ4v) is 2.78. The van der Waals surface area contributed by atoms with Gasteiger partial charge >= 0.3 is 0 Å². The third-order valence-corrected chi connectivity index (χ3v) is 4.03. The van der Waals surface area contributed by atoms with E-state index in [0.717, 1.165) is 22.5 Å². The molecule has 0 spiro atoms. The van der Waals surface area contributed by atoms with Crippen molar-refractivity contribution in [3.63, 3.8) is 0 Å². The third kappa shape index (κ3) is 2.87. The van der Waals surface area contributed by atoms with Crippen LogP contribution < -0.4 is 5.32 Å². The van der Waals surface area contributed by atoms with Gasteiger partial charge in [0.1, 0.15) is 11.3 Å². The van der Waals surface area contributed by atoms with Crippen molar-refractivity contribution in [2.45, 2.75) is 6.92 Å². The maximum atomic E-state index is 12.4. The summed E-state index contributed by atoms with van der Waals surface area (Å²) < 4.78 is 1.99. The number of carbonyl (C=O) groups excluding carboxylic acids is 1. The summed E-state index contributed by atoms with van der Waals surface area (Å²) in [6.07, 6.45) is 5.54. The molecule has 1 N–H and O–H groups in total. The molecule has 4 aromatic rings. The summed E-state index contributed by atoms with van der Waals surface area (Å²) >= 11 is 0. The van der Waals surface area contributed by atoms with Gasteiger partial charge in [-0.3, -0.25) is 9.78 Å². The third-order valence-electron chi connectivity index (χ3n) is 4.03. The van der Waals surface area contributed by atoms with Gasteiger partial charge in [-0.1, -0.05) is 30.3 Å². The lowest BCUT2D eigenvalue weighted by Crippen LogP contribution is -2.13. The highest BCUT2D eigenvalue weighted by Gasteiger charge is 2.13. The van der Waals surface area contributed by atoms with Crippen LogP contribution in [0.5, 0.6) is 0 Å². The molecular formula is C20H16N4O. The number of nitrogens with zero attached hydrogens (tertiary/aromatic N) is 3. The molecule has 0 bridgehead atoms. The smallest absolute Gasteiger partial charge is 0.274 e. The van der Waals surface area contributed by atoms with Gasteiger partial charge in [-0.2, -0.15) is 0 Å². The SMILES string of the molecule is Cc1cccn2cc(-c3ccccc3NC(=O)c3ccccn3)nc12. The van der Waals surface area contributed by atoms with Crippen LogP contribution in [0, 0.1) is 6.92 Å². The molecule has 3 aromatic heterocycles. The Kier molecular flexibility index (Phi) is 3.74. The Bertz CT molecular complexity index is 1050. The Morgan fingerprint density at radius 2 is 1.88 bits per heavy atom. The van der Waals surface area contributed by atoms with E-state index in [4.69, 9.17) is 4.98 Å². The summed E-state index contributed by atoms with van der Waals surface area (Å²) in [6.45, 7) is 2.03. The highest BCUT2D eigenvalue weighted by atomic mass is 16.1. The van der Waals surface area contributed by atoms with E-state index in [1.165, 1.54) is 0 Å². The van der Waals surface area contributed by atoms with E-state index in [-0.39, 0.29) is 5.91 Å². The number of para-hydroxylation sites is 1. The zero-order valence-corrected chi connectivity index (χ0v) is 13.7. The van der Waals surface area contributed by atoms with Gasteiger partial charge in [-0.15, -0.1) is 0 Å². The molecule has 5 heteroatoms. The molecule has 0 atom stereocenters. The van der Waals surface area contributed by atoms with Crippen molar-refractivity contribution in [3.8, 4) is 11.3 Å². The molecule has 0 unspecified atom stereocenters. The number of hydrogen-bond donors (Lipinski definition) is 1. The molecule has 0 aliphatic rings. The maximum Gasteiger partial charge on any atom is 0.274 e. The van der Waals surface area contributed by atoms with Crippen LogP contribution >= 0.6 is 0 Å². The van der Waals surface area contributed by atoms with Gasteiger partial charge in [0, 0.05) is 24.2 Å². The fourth-order valence-electron chi connectivity index (χ4n) is 2.78. The number of aromatic nitrogens is 3. The summed E-state index contributed by atoms with van der Waals surface area (Å²) in [5.41, 5.74) is 4.77. The predicted molar refractivity (Wildman–Crippen MR) is 97.6 cm³/mol. The van der Waals surface area contributed by atoms with E-state index in [2.05, 4.69) is 10.3 Å². The number of fused-ring (bicyclic) bond motifs is 1. The highest BCUT2D eigenvalue weighted by Crippen LogP contribution is 2.28. The van der Waals surface area contributed by atoms with Crippen molar-refractivity contribution < 1.29 is 4.79 Å². The average molecular weight is 328 g/mol. The topological polar surface area (TPSA) is 59.3 Å². The van der Waals surface area contributed by atoms with E-state index in [9.17, 15) is 4.79 Å². The van der Waals surface area contributed by atoms with Gasteiger partial charge in [-0.25, -0.2) is 4.98 Å². The summed E-state index contributed by atoms with van der Waals surface area (Å²) in [5, 5.41) is 2.93. The second kappa shape index (κ2) is 6.20. The van der Waals surface area contributed by atoms with Gasteiger partial charge in [0.25, 0.3) is 5.91 Å². The lowest BCUT2D eigenvalue weighted by molar-refractivity contribution is 0.102. The Labute approximate surface area is 145 Å². The average Bonchev–Trinajstić information content (AvgIpc) is 3.08. The zero-order valence-electron chi connectivity index (χ0n) is 13.7. The number of benzene rings is 1. The molecule has 1 aromatic carbocycles. The lowest BCUT2D eigenvalue weighted by Gasteiger charge is -2.09. The van der Waals surface area contributed by atoms with Crippen LogP contribution in [0.1, 0.15) is 16.1 Å². The summed E-state index contributed by atoms with van der Waals surface area (Å²) in [7, 11) is 0. The molecule has 4 rings (SSSR count). The number of rotatable bonds is 3. The standard InChI is InChI=1S/C20H16N4O/c1-14-7-6-12-24-13-18(22-19(14)24)15-8-2-3-9-16(15)23-20(25)17-10-4-5-11-21-17/h2-13H,1H3,(H,23,25). The van der Waals surface area contributed by atoms with Crippen molar-refractivity contribution in [1.82, 2.24) is 14.4 Å². The van der Waals surface area contributed by atoms with E-state index in [1.54, 1.807) is 24.4 Å². The first-order valence-corrected chi connectivity index (χ1v) is 7.98. The summed E-state index contributed by atoms with van der Waals surface area (Å²) in [5.74, 6) is -0.243. The number of anilines is 1. The zero-order chi connectivity index (χ0) is 17.2. The Hall–Kier alpha value is -3.47. The van der Waals surface area contributed by atoms with Crippen LogP contribution in [0.25, 0.3) is 16.9 Å².